The Morgan fingerprint density at radius 1 is 1.24 bits per heavy atom. The fraction of sp³-hybridized carbons (Fsp3) is 0.381. The molecule has 1 N–H and O–H groups in total. The summed E-state index contributed by atoms with van der Waals surface area (Å²) in [6.07, 6.45) is 2.58. The van der Waals surface area contributed by atoms with Crippen molar-refractivity contribution in [3.63, 3.8) is 0 Å². The summed E-state index contributed by atoms with van der Waals surface area (Å²) in [5.41, 5.74) is 2.80. The van der Waals surface area contributed by atoms with Crippen molar-refractivity contribution in [3.8, 4) is 11.8 Å². The second-order valence-electron chi connectivity index (χ2n) is 6.61. The van der Waals surface area contributed by atoms with Crippen LogP contribution in [0.15, 0.2) is 48.5 Å². The molecule has 1 unspecified atom stereocenters. The van der Waals surface area contributed by atoms with Crippen molar-refractivity contribution in [2.75, 3.05) is 20.1 Å². The topological polar surface area (TPSA) is 48.3 Å². The zero-order valence-electron chi connectivity index (χ0n) is 14.7. The number of nitriles is 1. The van der Waals surface area contributed by atoms with Gasteiger partial charge in [0.05, 0.1) is 11.6 Å². The van der Waals surface area contributed by atoms with E-state index in [0.717, 1.165) is 24.4 Å². The van der Waals surface area contributed by atoms with Crippen LogP contribution in [0.4, 0.5) is 0 Å². The van der Waals surface area contributed by atoms with Crippen LogP contribution in [0.3, 0.4) is 0 Å². The number of hydrogen-bond donors (Lipinski definition) is 1. The Morgan fingerprint density at radius 3 is 2.92 bits per heavy atom. The number of likely N-dealkylation sites (tertiary alicyclic amines) is 1. The van der Waals surface area contributed by atoms with Crippen LogP contribution in [0.1, 0.15) is 29.5 Å². The van der Waals surface area contributed by atoms with E-state index in [1.165, 1.54) is 24.9 Å². The first kappa shape index (κ1) is 17.5. The second-order valence-corrected chi connectivity index (χ2v) is 6.61. The van der Waals surface area contributed by atoms with E-state index in [-0.39, 0.29) is 0 Å². The van der Waals surface area contributed by atoms with E-state index >= 15 is 0 Å². The smallest absolute Gasteiger partial charge is 0.120 e. The summed E-state index contributed by atoms with van der Waals surface area (Å²) in [4.78, 5) is 2.43. The summed E-state index contributed by atoms with van der Waals surface area (Å²) >= 11 is 0. The van der Waals surface area contributed by atoms with Crippen LogP contribution in [-0.2, 0) is 13.2 Å². The Hall–Kier alpha value is -2.35. The Kier molecular flexibility index (Phi) is 6.05. The quantitative estimate of drug-likeness (QED) is 0.843. The predicted molar refractivity (Wildman–Crippen MR) is 99.3 cm³/mol. The van der Waals surface area contributed by atoms with Crippen molar-refractivity contribution in [2.24, 2.45) is 0 Å². The summed E-state index contributed by atoms with van der Waals surface area (Å²) in [5.74, 6) is 0.838. The molecule has 3 rings (SSSR count). The second kappa shape index (κ2) is 8.66. The van der Waals surface area contributed by atoms with Gasteiger partial charge in [-0.2, -0.15) is 5.26 Å². The lowest BCUT2D eigenvalue weighted by atomic mass is 10.1. The van der Waals surface area contributed by atoms with E-state index in [4.69, 9.17) is 10.00 Å². The summed E-state index contributed by atoms with van der Waals surface area (Å²) in [5, 5.41) is 12.7. The predicted octanol–water partition coefficient (Wildman–Crippen LogP) is 3.32. The Bertz CT molecular complexity index is 738. The molecule has 0 amide bonds. The van der Waals surface area contributed by atoms with E-state index in [9.17, 15) is 0 Å². The Morgan fingerprint density at radius 2 is 2.12 bits per heavy atom. The minimum atomic E-state index is 0.410. The zero-order valence-corrected chi connectivity index (χ0v) is 14.7. The largest absolute Gasteiger partial charge is 0.489 e. The van der Waals surface area contributed by atoms with E-state index in [0.29, 0.717) is 18.2 Å². The van der Waals surface area contributed by atoms with Gasteiger partial charge in [-0.1, -0.05) is 30.3 Å². The molecule has 1 heterocycles. The van der Waals surface area contributed by atoms with Crippen LogP contribution in [0.2, 0.25) is 0 Å². The van der Waals surface area contributed by atoms with Crippen LogP contribution < -0.4 is 10.1 Å². The maximum atomic E-state index is 9.15. The highest BCUT2D eigenvalue weighted by Crippen LogP contribution is 2.17. The molecule has 4 nitrogen and oxygen atoms in total. The highest BCUT2D eigenvalue weighted by molar-refractivity contribution is 5.37. The Labute approximate surface area is 150 Å². The van der Waals surface area contributed by atoms with Crippen molar-refractivity contribution in [1.82, 2.24) is 10.2 Å². The van der Waals surface area contributed by atoms with Gasteiger partial charge in [0.15, 0.2) is 0 Å². The monoisotopic (exact) mass is 335 g/mol. The number of nitrogens with zero attached hydrogens (tertiary/aromatic N) is 2. The number of likely N-dealkylation sites (N-methyl/N-ethyl adjacent to an activating group) is 1. The van der Waals surface area contributed by atoms with Gasteiger partial charge in [0.25, 0.3) is 0 Å². The third-order valence-electron chi connectivity index (χ3n) is 4.81. The lowest BCUT2D eigenvalue weighted by molar-refractivity contribution is 0.299. The molecular weight excluding hydrogens is 310 g/mol. The van der Waals surface area contributed by atoms with Crippen LogP contribution in [-0.4, -0.2) is 31.1 Å². The summed E-state index contributed by atoms with van der Waals surface area (Å²) in [6.45, 7) is 3.49. The molecule has 0 aromatic heterocycles. The van der Waals surface area contributed by atoms with Crippen molar-refractivity contribution in [1.29, 1.82) is 5.26 Å². The first-order valence-corrected chi connectivity index (χ1v) is 8.87. The molecule has 1 saturated heterocycles. The molecule has 0 spiro atoms. The van der Waals surface area contributed by atoms with E-state index in [1.807, 2.05) is 36.4 Å². The average molecular weight is 335 g/mol. The molecule has 2 aromatic rings. The molecule has 1 atom stereocenters. The third kappa shape index (κ3) is 4.82. The molecule has 0 radical (unpaired) electrons. The minimum absolute atomic E-state index is 0.410. The van der Waals surface area contributed by atoms with Crippen molar-refractivity contribution in [2.45, 2.75) is 32.0 Å². The van der Waals surface area contributed by atoms with Crippen molar-refractivity contribution in [3.05, 3.63) is 65.2 Å². The fourth-order valence-electron chi connectivity index (χ4n) is 3.28. The van der Waals surface area contributed by atoms with Gasteiger partial charge in [0, 0.05) is 24.7 Å². The van der Waals surface area contributed by atoms with Gasteiger partial charge in [0.1, 0.15) is 12.4 Å². The van der Waals surface area contributed by atoms with Crippen LogP contribution in [0, 0.1) is 11.3 Å². The fourth-order valence-corrected chi connectivity index (χ4v) is 3.28. The molecule has 2 aromatic carbocycles. The maximum absolute atomic E-state index is 9.15. The minimum Gasteiger partial charge on any atom is -0.489 e. The third-order valence-corrected chi connectivity index (χ3v) is 4.81. The molecule has 1 fully saturated rings. The highest BCUT2D eigenvalue weighted by atomic mass is 16.5. The van der Waals surface area contributed by atoms with E-state index < -0.39 is 0 Å². The van der Waals surface area contributed by atoms with Crippen LogP contribution in [0.5, 0.6) is 5.75 Å². The highest BCUT2D eigenvalue weighted by Gasteiger charge is 2.19. The van der Waals surface area contributed by atoms with Gasteiger partial charge in [-0.25, -0.2) is 0 Å². The molecule has 130 valence electrons. The van der Waals surface area contributed by atoms with E-state index in [1.54, 1.807) is 0 Å². The number of rotatable bonds is 7. The van der Waals surface area contributed by atoms with Gasteiger partial charge >= 0.3 is 0 Å². The molecular formula is C21H25N3O. The summed E-state index contributed by atoms with van der Waals surface area (Å²) in [7, 11) is 2.20. The molecule has 0 aliphatic carbocycles. The lowest BCUT2D eigenvalue weighted by Crippen LogP contribution is -2.35. The number of ether oxygens (including phenoxy) is 1. The Balaban J connectivity index is 1.52. The maximum Gasteiger partial charge on any atom is 0.120 e. The van der Waals surface area contributed by atoms with Gasteiger partial charge in [-0.3, -0.25) is 0 Å². The standard InChI is InChI=1S/C21H25N3O/c1-24-11-5-9-20(24)15-23-14-17-6-4-10-21(12-17)25-16-19-8-3-2-7-18(19)13-22/h2-4,6-8,10,12,20,23H,5,9,11,14-16H2,1H3. The number of hydrogen-bond acceptors (Lipinski definition) is 4. The number of benzene rings is 2. The van der Waals surface area contributed by atoms with Gasteiger partial charge < -0.3 is 15.0 Å². The van der Waals surface area contributed by atoms with Crippen LogP contribution in [0.25, 0.3) is 0 Å². The lowest BCUT2D eigenvalue weighted by Gasteiger charge is -2.19. The molecule has 1 aliphatic rings. The molecule has 1 aliphatic heterocycles. The van der Waals surface area contributed by atoms with Crippen LogP contribution >= 0.6 is 0 Å². The first-order valence-electron chi connectivity index (χ1n) is 8.87. The summed E-state index contributed by atoms with van der Waals surface area (Å²) < 4.78 is 5.88. The molecule has 25 heavy (non-hydrogen) atoms. The van der Waals surface area contributed by atoms with E-state index in [2.05, 4.69) is 35.5 Å². The molecule has 0 bridgehead atoms. The molecule has 0 saturated carbocycles. The zero-order chi connectivity index (χ0) is 17.5. The van der Waals surface area contributed by atoms with Gasteiger partial charge in [-0.15, -0.1) is 0 Å². The normalized spacial score (nSPS) is 17.4. The number of nitrogens with one attached hydrogen (secondary N) is 1. The first-order chi connectivity index (χ1) is 12.3. The molecule has 4 heteroatoms. The van der Waals surface area contributed by atoms with Gasteiger partial charge in [-0.05, 0) is 50.2 Å². The summed E-state index contributed by atoms with van der Waals surface area (Å²) in [6, 6.07) is 18.6. The van der Waals surface area contributed by atoms with Crippen molar-refractivity contribution >= 4 is 0 Å². The average Bonchev–Trinajstić information content (AvgIpc) is 3.05. The van der Waals surface area contributed by atoms with Crippen molar-refractivity contribution < 1.29 is 4.74 Å². The SMILES string of the molecule is CN1CCCC1CNCc1cccc(OCc2ccccc2C#N)c1. The van der Waals surface area contributed by atoms with Gasteiger partial charge in [0.2, 0.25) is 0 Å².